The number of carbonyl (C=O) groups excluding carboxylic acids is 1. The smallest absolute Gasteiger partial charge is 0.328 e. The summed E-state index contributed by atoms with van der Waals surface area (Å²) in [5.41, 5.74) is 0.819. The van der Waals surface area contributed by atoms with Crippen LogP contribution in [0.3, 0.4) is 0 Å². The highest BCUT2D eigenvalue weighted by molar-refractivity contribution is 6.42. The second-order valence-corrected chi connectivity index (χ2v) is 5.43. The van der Waals surface area contributed by atoms with Gasteiger partial charge in [-0.1, -0.05) is 29.3 Å². The normalized spacial score (nSPS) is 17.8. The van der Waals surface area contributed by atoms with E-state index < -0.39 is 6.04 Å². The SMILES string of the molecule is CCOC(=O)C(c1ccc(Cl)c(Cl)c1)N1CCNCC1. The number of carbonyl (C=O) groups is 1. The lowest BCUT2D eigenvalue weighted by Crippen LogP contribution is -2.47. The molecule has 110 valence electrons. The fraction of sp³-hybridized carbons (Fsp3) is 0.500. The average Bonchev–Trinajstić information content (AvgIpc) is 2.44. The number of rotatable bonds is 4. The highest BCUT2D eigenvalue weighted by atomic mass is 35.5. The van der Waals surface area contributed by atoms with E-state index in [-0.39, 0.29) is 5.97 Å². The van der Waals surface area contributed by atoms with Crippen molar-refractivity contribution >= 4 is 29.2 Å². The van der Waals surface area contributed by atoms with Crippen LogP contribution in [0.4, 0.5) is 0 Å². The molecule has 1 unspecified atom stereocenters. The molecule has 1 N–H and O–H groups in total. The summed E-state index contributed by atoms with van der Waals surface area (Å²) >= 11 is 12.0. The number of nitrogens with one attached hydrogen (secondary N) is 1. The summed E-state index contributed by atoms with van der Waals surface area (Å²) in [5.74, 6) is -0.243. The Morgan fingerprint density at radius 3 is 2.65 bits per heavy atom. The number of nitrogens with zero attached hydrogens (tertiary/aromatic N) is 1. The van der Waals surface area contributed by atoms with Gasteiger partial charge in [-0.3, -0.25) is 4.90 Å². The molecule has 1 aromatic rings. The van der Waals surface area contributed by atoms with Crippen molar-refractivity contribution in [3.05, 3.63) is 33.8 Å². The molecule has 1 aliphatic rings. The molecule has 0 bridgehead atoms. The molecule has 6 heteroatoms. The van der Waals surface area contributed by atoms with Crippen molar-refractivity contribution < 1.29 is 9.53 Å². The van der Waals surface area contributed by atoms with Gasteiger partial charge in [0.2, 0.25) is 0 Å². The van der Waals surface area contributed by atoms with Gasteiger partial charge in [-0.15, -0.1) is 0 Å². The maximum absolute atomic E-state index is 12.3. The first-order chi connectivity index (χ1) is 9.63. The summed E-state index contributed by atoms with van der Waals surface area (Å²) in [6, 6.07) is 4.87. The van der Waals surface area contributed by atoms with E-state index in [0.717, 1.165) is 31.7 Å². The molecule has 0 spiro atoms. The van der Waals surface area contributed by atoms with Gasteiger partial charge in [0, 0.05) is 26.2 Å². The van der Waals surface area contributed by atoms with Crippen molar-refractivity contribution in [2.45, 2.75) is 13.0 Å². The zero-order chi connectivity index (χ0) is 14.5. The van der Waals surface area contributed by atoms with Crippen molar-refractivity contribution in [1.82, 2.24) is 10.2 Å². The summed E-state index contributed by atoms with van der Waals surface area (Å²) in [4.78, 5) is 14.4. The van der Waals surface area contributed by atoms with E-state index >= 15 is 0 Å². The predicted molar refractivity (Wildman–Crippen MR) is 80.3 cm³/mol. The van der Waals surface area contributed by atoms with Crippen molar-refractivity contribution in [3.63, 3.8) is 0 Å². The van der Waals surface area contributed by atoms with Crippen LogP contribution in [0.15, 0.2) is 18.2 Å². The highest BCUT2D eigenvalue weighted by Crippen LogP contribution is 2.29. The Kier molecular flexibility index (Phi) is 5.66. The summed E-state index contributed by atoms with van der Waals surface area (Å²) in [7, 11) is 0. The van der Waals surface area contributed by atoms with E-state index in [1.807, 2.05) is 13.0 Å². The standard InChI is InChI=1S/C14H18Cl2N2O2/c1-2-20-14(19)13(18-7-5-17-6-8-18)10-3-4-11(15)12(16)9-10/h3-4,9,13,17H,2,5-8H2,1H3. The minimum atomic E-state index is -0.424. The summed E-state index contributed by atoms with van der Waals surface area (Å²) in [6.07, 6.45) is 0. The Labute approximate surface area is 129 Å². The quantitative estimate of drug-likeness (QED) is 0.867. The van der Waals surface area contributed by atoms with Crippen LogP contribution in [0.1, 0.15) is 18.5 Å². The number of benzene rings is 1. The molecule has 0 radical (unpaired) electrons. The number of hydrogen-bond donors (Lipinski definition) is 1. The lowest BCUT2D eigenvalue weighted by Gasteiger charge is -2.33. The maximum Gasteiger partial charge on any atom is 0.328 e. The molecule has 1 aromatic carbocycles. The van der Waals surface area contributed by atoms with Gasteiger partial charge in [0.15, 0.2) is 0 Å². The van der Waals surface area contributed by atoms with E-state index in [1.165, 1.54) is 0 Å². The largest absolute Gasteiger partial charge is 0.465 e. The molecule has 1 heterocycles. The van der Waals surface area contributed by atoms with Crippen LogP contribution in [-0.2, 0) is 9.53 Å². The van der Waals surface area contributed by atoms with Gasteiger partial charge >= 0.3 is 5.97 Å². The molecule has 20 heavy (non-hydrogen) atoms. The van der Waals surface area contributed by atoms with E-state index in [2.05, 4.69) is 10.2 Å². The van der Waals surface area contributed by atoms with E-state index in [9.17, 15) is 4.79 Å². The number of esters is 1. The van der Waals surface area contributed by atoms with Gasteiger partial charge in [-0.2, -0.15) is 0 Å². The summed E-state index contributed by atoms with van der Waals surface area (Å²) in [5, 5.41) is 4.21. The Morgan fingerprint density at radius 2 is 2.05 bits per heavy atom. The van der Waals surface area contributed by atoms with Crippen LogP contribution in [0, 0.1) is 0 Å². The maximum atomic E-state index is 12.3. The predicted octanol–water partition coefficient (Wildman–Crippen LogP) is 2.50. The van der Waals surface area contributed by atoms with Gasteiger partial charge in [0.25, 0.3) is 0 Å². The third-order valence-corrected chi connectivity index (χ3v) is 4.03. The Bertz CT molecular complexity index is 476. The van der Waals surface area contributed by atoms with Crippen LogP contribution in [0.5, 0.6) is 0 Å². The van der Waals surface area contributed by atoms with Crippen LogP contribution >= 0.6 is 23.2 Å². The third-order valence-electron chi connectivity index (χ3n) is 3.29. The topological polar surface area (TPSA) is 41.6 Å². The first kappa shape index (κ1) is 15.6. The zero-order valence-electron chi connectivity index (χ0n) is 11.4. The first-order valence-corrected chi connectivity index (χ1v) is 7.45. The molecule has 1 atom stereocenters. The molecule has 1 saturated heterocycles. The van der Waals surface area contributed by atoms with Gasteiger partial charge in [-0.25, -0.2) is 4.79 Å². The Morgan fingerprint density at radius 1 is 1.35 bits per heavy atom. The molecular weight excluding hydrogens is 299 g/mol. The second-order valence-electron chi connectivity index (χ2n) is 4.61. The number of hydrogen-bond acceptors (Lipinski definition) is 4. The molecule has 1 aliphatic heterocycles. The third kappa shape index (κ3) is 3.64. The number of halogens is 2. The first-order valence-electron chi connectivity index (χ1n) is 6.70. The molecule has 0 saturated carbocycles. The van der Waals surface area contributed by atoms with E-state index in [0.29, 0.717) is 16.7 Å². The fourth-order valence-corrected chi connectivity index (χ4v) is 2.65. The van der Waals surface area contributed by atoms with Crippen molar-refractivity contribution in [2.24, 2.45) is 0 Å². The Hall–Kier alpha value is -0.810. The fourth-order valence-electron chi connectivity index (χ4n) is 2.34. The van der Waals surface area contributed by atoms with Crippen LogP contribution in [0.25, 0.3) is 0 Å². The Balaban J connectivity index is 2.28. The molecule has 0 aromatic heterocycles. The van der Waals surface area contributed by atoms with Gasteiger partial charge < -0.3 is 10.1 Å². The zero-order valence-corrected chi connectivity index (χ0v) is 12.9. The molecule has 0 amide bonds. The van der Waals surface area contributed by atoms with E-state index in [4.69, 9.17) is 27.9 Å². The lowest BCUT2D eigenvalue weighted by atomic mass is 10.0. The minimum Gasteiger partial charge on any atom is -0.465 e. The van der Waals surface area contributed by atoms with Crippen LogP contribution < -0.4 is 5.32 Å². The molecule has 0 aliphatic carbocycles. The van der Waals surface area contributed by atoms with Crippen molar-refractivity contribution in [2.75, 3.05) is 32.8 Å². The van der Waals surface area contributed by atoms with E-state index in [1.54, 1.807) is 12.1 Å². The van der Waals surface area contributed by atoms with Crippen LogP contribution in [0.2, 0.25) is 10.0 Å². The summed E-state index contributed by atoms with van der Waals surface area (Å²) < 4.78 is 5.20. The monoisotopic (exact) mass is 316 g/mol. The van der Waals surface area contributed by atoms with Gasteiger partial charge in [0.05, 0.1) is 16.7 Å². The average molecular weight is 317 g/mol. The number of piperazine rings is 1. The lowest BCUT2D eigenvalue weighted by molar-refractivity contribution is -0.150. The highest BCUT2D eigenvalue weighted by Gasteiger charge is 2.30. The second kappa shape index (κ2) is 7.27. The molecule has 2 rings (SSSR count). The molecule has 1 fully saturated rings. The summed E-state index contributed by atoms with van der Waals surface area (Å²) in [6.45, 7) is 5.48. The van der Waals surface area contributed by atoms with Crippen LogP contribution in [-0.4, -0.2) is 43.7 Å². The minimum absolute atomic E-state index is 0.243. The van der Waals surface area contributed by atoms with Crippen molar-refractivity contribution in [3.8, 4) is 0 Å². The molecule has 4 nitrogen and oxygen atoms in total. The molecular formula is C14H18Cl2N2O2. The van der Waals surface area contributed by atoms with Crippen molar-refractivity contribution in [1.29, 1.82) is 0 Å². The van der Waals surface area contributed by atoms with Gasteiger partial charge in [0.1, 0.15) is 6.04 Å². The van der Waals surface area contributed by atoms with Gasteiger partial charge in [-0.05, 0) is 24.6 Å². The number of ether oxygens (including phenoxy) is 1.